The monoisotopic (exact) mass is 350 g/mol. The van der Waals surface area contributed by atoms with Crippen molar-refractivity contribution in [3.8, 4) is 11.8 Å². The maximum absolute atomic E-state index is 12.4. The first kappa shape index (κ1) is 17.7. The zero-order chi connectivity index (χ0) is 18.4. The Morgan fingerprint density at radius 3 is 2.65 bits per heavy atom. The van der Waals surface area contributed by atoms with Crippen molar-refractivity contribution < 1.29 is 9.53 Å². The van der Waals surface area contributed by atoms with E-state index in [0.29, 0.717) is 12.2 Å². The van der Waals surface area contributed by atoms with Gasteiger partial charge in [0.25, 0.3) is 0 Å². The number of carbonyl (C=O) groups excluding carboxylic acids is 1. The summed E-state index contributed by atoms with van der Waals surface area (Å²) in [6.07, 6.45) is 1.57. The normalized spacial score (nSPS) is 14.5. The molecule has 0 saturated carbocycles. The Morgan fingerprint density at radius 1 is 1.27 bits per heavy atom. The molecule has 134 valence electrons. The summed E-state index contributed by atoms with van der Waals surface area (Å²) in [4.78, 5) is 18.9. The third-order valence-corrected chi connectivity index (χ3v) is 4.66. The molecule has 1 N–H and O–H groups in total. The van der Waals surface area contributed by atoms with Crippen molar-refractivity contribution in [1.82, 2.24) is 10.3 Å². The number of piperidine rings is 1. The van der Waals surface area contributed by atoms with Crippen molar-refractivity contribution in [2.75, 3.05) is 25.1 Å². The molecule has 0 spiro atoms. The van der Waals surface area contributed by atoms with Crippen LogP contribution < -0.4 is 15.0 Å². The first-order valence-corrected chi connectivity index (χ1v) is 8.72. The second-order valence-electron chi connectivity index (χ2n) is 6.32. The average molecular weight is 350 g/mol. The lowest BCUT2D eigenvalue weighted by Gasteiger charge is -2.32. The molecule has 1 aromatic carbocycles. The highest BCUT2D eigenvalue weighted by molar-refractivity contribution is 5.79. The number of aromatic nitrogens is 1. The second kappa shape index (κ2) is 8.34. The molecule has 1 aliphatic rings. The molecule has 2 aromatic rings. The highest BCUT2D eigenvalue weighted by atomic mass is 16.5. The van der Waals surface area contributed by atoms with E-state index in [1.54, 1.807) is 13.2 Å². The molecule has 1 fully saturated rings. The van der Waals surface area contributed by atoms with Gasteiger partial charge in [-0.2, -0.15) is 5.26 Å². The second-order valence-corrected chi connectivity index (χ2v) is 6.32. The lowest BCUT2D eigenvalue weighted by Crippen LogP contribution is -2.40. The van der Waals surface area contributed by atoms with E-state index < -0.39 is 0 Å². The quantitative estimate of drug-likeness (QED) is 0.896. The summed E-state index contributed by atoms with van der Waals surface area (Å²) in [6, 6.07) is 15.2. The lowest BCUT2D eigenvalue weighted by molar-refractivity contribution is -0.125. The molecular formula is C20H22N4O2. The number of ether oxygens (including phenoxy) is 1. The molecule has 1 saturated heterocycles. The molecule has 0 unspecified atom stereocenters. The fourth-order valence-corrected chi connectivity index (χ4v) is 3.11. The lowest BCUT2D eigenvalue weighted by atomic mass is 9.95. The number of pyridine rings is 1. The maximum atomic E-state index is 12.4. The van der Waals surface area contributed by atoms with Gasteiger partial charge in [-0.05, 0) is 42.7 Å². The Balaban J connectivity index is 1.49. The zero-order valence-corrected chi connectivity index (χ0v) is 14.8. The van der Waals surface area contributed by atoms with E-state index in [1.807, 2.05) is 36.4 Å². The van der Waals surface area contributed by atoms with Crippen molar-refractivity contribution in [2.45, 2.75) is 19.4 Å². The largest absolute Gasteiger partial charge is 0.497 e. The Bertz CT molecular complexity index is 790. The van der Waals surface area contributed by atoms with Gasteiger partial charge in [-0.25, -0.2) is 4.98 Å². The summed E-state index contributed by atoms with van der Waals surface area (Å²) < 4.78 is 5.14. The van der Waals surface area contributed by atoms with Crippen LogP contribution in [0.3, 0.4) is 0 Å². The van der Waals surface area contributed by atoms with Gasteiger partial charge in [-0.15, -0.1) is 0 Å². The summed E-state index contributed by atoms with van der Waals surface area (Å²) >= 11 is 0. The van der Waals surface area contributed by atoms with Crippen LogP contribution in [0.2, 0.25) is 0 Å². The Hall–Kier alpha value is -3.07. The van der Waals surface area contributed by atoms with E-state index >= 15 is 0 Å². The van der Waals surface area contributed by atoms with Crippen molar-refractivity contribution in [2.24, 2.45) is 5.92 Å². The third kappa shape index (κ3) is 4.31. The van der Waals surface area contributed by atoms with Crippen LogP contribution in [0, 0.1) is 17.2 Å². The Labute approximate surface area is 153 Å². The summed E-state index contributed by atoms with van der Waals surface area (Å²) in [5.41, 5.74) is 1.47. The number of nitrogens with one attached hydrogen (secondary N) is 1. The van der Waals surface area contributed by atoms with Crippen molar-refractivity contribution >= 4 is 11.7 Å². The highest BCUT2D eigenvalue weighted by Gasteiger charge is 2.25. The SMILES string of the molecule is COc1ccc(CNC(=O)C2CCN(c3cccc(C#N)n3)CC2)cc1. The first-order valence-electron chi connectivity index (χ1n) is 8.72. The highest BCUT2D eigenvalue weighted by Crippen LogP contribution is 2.22. The van der Waals surface area contributed by atoms with E-state index in [0.717, 1.165) is 43.1 Å². The zero-order valence-electron chi connectivity index (χ0n) is 14.8. The topological polar surface area (TPSA) is 78.2 Å². The molecular weight excluding hydrogens is 328 g/mol. The first-order chi connectivity index (χ1) is 12.7. The van der Waals surface area contributed by atoms with Gasteiger partial charge in [0.2, 0.25) is 5.91 Å². The molecule has 1 aliphatic heterocycles. The number of methoxy groups -OCH3 is 1. The molecule has 3 rings (SSSR count). The number of nitriles is 1. The number of nitrogens with zero attached hydrogens (tertiary/aromatic N) is 3. The van der Waals surface area contributed by atoms with Crippen LogP contribution >= 0.6 is 0 Å². The maximum Gasteiger partial charge on any atom is 0.223 e. The Morgan fingerprint density at radius 2 is 2.00 bits per heavy atom. The van der Waals surface area contributed by atoms with Gasteiger partial charge in [0, 0.05) is 25.6 Å². The Kier molecular flexibility index (Phi) is 5.69. The van der Waals surface area contributed by atoms with Gasteiger partial charge in [0.1, 0.15) is 23.3 Å². The third-order valence-electron chi connectivity index (χ3n) is 4.66. The summed E-state index contributed by atoms with van der Waals surface area (Å²) in [7, 11) is 1.63. The van der Waals surface area contributed by atoms with Crippen LogP contribution in [-0.2, 0) is 11.3 Å². The van der Waals surface area contributed by atoms with Gasteiger partial charge in [-0.1, -0.05) is 18.2 Å². The fraction of sp³-hybridized carbons (Fsp3) is 0.350. The van der Waals surface area contributed by atoms with Gasteiger partial charge in [0.15, 0.2) is 0 Å². The summed E-state index contributed by atoms with van der Waals surface area (Å²) in [5, 5.41) is 12.0. The molecule has 1 amide bonds. The number of rotatable bonds is 5. The number of carbonyl (C=O) groups is 1. The number of hydrogen-bond donors (Lipinski definition) is 1. The van der Waals surface area contributed by atoms with E-state index in [-0.39, 0.29) is 11.8 Å². The fourth-order valence-electron chi connectivity index (χ4n) is 3.11. The van der Waals surface area contributed by atoms with E-state index in [4.69, 9.17) is 10.00 Å². The molecule has 1 aromatic heterocycles. The van der Waals surface area contributed by atoms with Gasteiger partial charge in [-0.3, -0.25) is 4.79 Å². The van der Waals surface area contributed by atoms with E-state index in [2.05, 4.69) is 21.3 Å². The molecule has 0 atom stereocenters. The van der Waals surface area contributed by atoms with Gasteiger partial charge >= 0.3 is 0 Å². The predicted octanol–water partition coefficient (Wildman–Crippen LogP) is 2.49. The number of amides is 1. The van der Waals surface area contributed by atoms with Gasteiger partial charge in [0.05, 0.1) is 7.11 Å². The van der Waals surface area contributed by atoms with E-state index in [1.165, 1.54) is 0 Å². The van der Waals surface area contributed by atoms with Crippen LogP contribution in [0.25, 0.3) is 0 Å². The molecule has 6 nitrogen and oxygen atoms in total. The number of anilines is 1. The van der Waals surface area contributed by atoms with Crippen molar-refractivity contribution in [3.63, 3.8) is 0 Å². The minimum absolute atomic E-state index is 0.0173. The predicted molar refractivity (Wildman–Crippen MR) is 98.7 cm³/mol. The standard InChI is InChI=1S/C20H22N4O2/c1-26-18-7-5-15(6-8-18)14-22-20(25)16-9-11-24(12-10-16)19-4-2-3-17(13-21)23-19/h2-8,16H,9-12,14H2,1H3,(H,22,25). The number of benzene rings is 1. The average Bonchev–Trinajstić information content (AvgIpc) is 2.72. The summed E-state index contributed by atoms with van der Waals surface area (Å²) in [5.74, 6) is 1.73. The van der Waals surface area contributed by atoms with Crippen molar-refractivity contribution in [1.29, 1.82) is 5.26 Å². The van der Waals surface area contributed by atoms with Crippen LogP contribution in [-0.4, -0.2) is 31.1 Å². The molecule has 0 bridgehead atoms. The molecule has 2 heterocycles. The van der Waals surface area contributed by atoms with Crippen LogP contribution in [0.4, 0.5) is 5.82 Å². The molecule has 6 heteroatoms. The summed E-state index contributed by atoms with van der Waals surface area (Å²) in [6.45, 7) is 2.06. The minimum atomic E-state index is 0.0173. The van der Waals surface area contributed by atoms with Crippen LogP contribution in [0.15, 0.2) is 42.5 Å². The minimum Gasteiger partial charge on any atom is -0.497 e. The smallest absolute Gasteiger partial charge is 0.223 e. The van der Waals surface area contributed by atoms with Crippen LogP contribution in [0.5, 0.6) is 5.75 Å². The van der Waals surface area contributed by atoms with E-state index in [9.17, 15) is 4.79 Å². The van der Waals surface area contributed by atoms with Gasteiger partial charge < -0.3 is 15.0 Å². The molecule has 0 aliphatic carbocycles. The number of hydrogen-bond acceptors (Lipinski definition) is 5. The van der Waals surface area contributed by atoms with Crippen molar-refractivity contribution in [3.05, 3.63) is 53.7 Å². The molecule has 0 radical (unpaired) electrons. The van der Waals surface area contributed by atoms with Crippen LogP contribution in [0.1, 0.15) is 24.1 Å². The molecule has 26 heavy (non-hydrogen) atoms.